The number of carbonyl (C=O) groups is 2. The minimum atomic E-state index is -0.529. The van der Waals surface area contributed by atoms with Crippen LogP contribution >= 0.6 is 0 Å². The number of nitrogens with zero attached hydrogens (tertiary/aromatic N) is 3. The standard InChI is InChI=1S/C32H37N5O4/c1-32(2,3)41-31(39)37-15-13-36(14-16-37)21-29(24-8-6-10-27(19-24)40-4)34-30(38)25-9-5-7-22(17-25)23-11-12-28-26(18-23)20-33-35-28/h5-12,17-20,29H,13-16,21H2,1-4H3,(H,33,35)(H,34,38). The van der Waals surface area contributed by atoms with Crippen molar-refractivity contribution in [1.29, 1.82) is 0 Å². The highest BCUT2D eigenvalue weighted by Crippen LogP contribution is 2.26. The number of hydrogen-bond acceptors (Lipinski definition) is 6. The number of hydrogen-bond donors (Lipinski definition) is 2. The van der Waals surface area contributed by atoms with E-state index in [1.54, 1.807) is 18.2 Å². The molecule has 9 nitrogen and oxygen atoms in total. The van der Waals surface area contributed by atoms with Crippen LogP contribution in [0.25, 0.3) is 22.0 Å². The van der Waals surface area contributed by atoms with E-state index >= 15 is 0 Å². The molecule has 1 atom stereocenters. The van der Waals surface area contributed by atoms with Gasteiger partial charge in [-0.1, -0.05) is 30.3 Å². The average molecular weight is 556 g/mol. The van der Waals surface area contributed by atoms with E-state index in [0.717, 1.165) is 33.3 Å². The van der Waals surface area contributed by atoms with E-state index in [4.69, 9.17) is 9.47 Å². The lowest BCUT2D eigenvalue weighted by Crippen LogP contribution is -2.51. The van der Waals surface area contributed by atoms with Crippen molar-refractivity contribution in [3.63, 3.8) is 0 Å². The number of aromatic nitrogens is 2. The summed E-state index contributed by atoms with van der Waals surface area (Å²) in [6, 6.07) is 21.2. The van der Waals surface area contributed by atoms with Gasteiger partial charge in [-0.2, -0.15) is 5.10 Å². The molecule has 2 N–H and O–H groups in total. The quantitative estimate of drug-likeness (QED) is 0.323. The highest BCUT2D eigenvalue weighted by molar-refractivity contribution is 5.96. The molecule has 0 spiro atoms. The van der Waals surface area contributed by atoms with E-state index in [9.17, 15) is 9.59 Å². The normalized spacial score (nSPS) is 15.0. The number of H-pyrrole nitrogens is 1. The number of fused-ring (bicyclic) bond motifs is 1. The molecule has 1 unspecified atom stereocenters. The zero-order valence-corrected chi connectivity index (χ0v) is 24.0. The molecule has 9 heteroatoms. The zero-order valence-electron chi connectivity index (χ0n) is 24.0. The molecule has 0 saturated carbocycles. The third-order valence-electron chi connectivity index (χ3n) is 7.16. The third-order valence-corrected chi connectivity index (χ3v) is 7.16. The molecule has 0 aliphatic carbocycles. The first-order valence-electron chi connectivity index (χ1n) is 13.9. The van der Waals surface area contributed by atoms with E-state index in [0.29, 0.717) is 38.3 Å². The van der Waals surface area contributed by atoms with Gasteiger partial charge in [0.1, 0.15) is 11.4 Å². The minimum absolute atomic E-state index is 0.156. The average Bonchev–Trinajstić information content (AvgIpc) is 3.44. The van der Waals surface area contributed by atoms with E-state index in [2.05, 4.69) is 26.5 Å². The Kier molecular flexibility index (Phi) is 8.26. The van der Waals surface area contributed by atoms with Crippen LogP contribution in [0.5, 0.6) is 5.75 Å². The molecule has 1 fully saturated rings. The molecule has 5 rings (SSSR count). The Morgan fingerprint density at radius 1 is 0.976 bits per heavy atom. The first-order chi connectivity index (χ1) is 19.7. The number of methoxy groups -OCH3 is 1. The molecule has 4 aromatic rings. The Morgan fingerprint density at radius 2 is 1.73 bits per heavy atom. The van der Waals surface area contributed by atoms with E-state index in [-0.39, 0.29) is 18.0 Å². The van der Waals surface area contributed by atoms with Gasteiger partial charge in [0.05, 0.1) is 24.9 Å². The Morgan fingerprint density at radius 3 is 2.49 bits per heavy atom. The van der Waals surface area contributed by atoms with Crippen molar-refractivity contribution in [2.45, 2.75) is 32.4 Å². The lowest BCUT2D eigenvalue weighted by atomic mass is 10.0. The Bertz CT molecular complexity index is 1520. The summed E-state index contributed by atoms with van der Waals surface area (Å²) in [6.07, 6.45) is 1.50. The molecular formula is C32H37N5O4. The van der Waals surface area contributed by atoms with E-state index < -0.39 is 5.60 Å². The zero-order chi connectivity index (χ0) is 29.0. The number of rotatable bonds is 7. The summed E-state index contributed by atoms with van der Waals surface area (Å²) in [7, 11) is 1.63. The van der Waals surface area contributed by atoms with Crippen molar-refractivity contribution in [3.8, 4) is 16.9 Å². The van der Waals surface area contributed by atoms with Gasteiger partial charge in [-0.05, 0) is 73.9 Å². The maximum Gasteiger partial charge on any atom is 0.410 e. The summed E-state index contributed by atoms with van der Waals surface area (Å²) in [5.74, 6) is 0.574. The molecule has 1 aliphatic rings. The fourth-order valence-corrected chi connectivity index (χ4v) is 4.99. The number of ether oxygens (including phenoxy) is 2. The Balaban J connectivity index is 1.31. The molecule has 3 aromatic carbocycles. The molecular weight excluding hydrogens is 518 g/mol. The molecule has 214 valence electrons. The van der Waals surface area contributed by atoms with Gasteiger partial charge >= 0.3 is 6.09 Å². The molecule has 0 bridgehead atoms. The van der Waals surface area contributed by atoms with Gasteiger partial charge in [-0.3, -0.25) is 14.8 Å². The first-order valence-corrected chi connectivity index (χ1v) is 13.9. The van der Waals surface area contributed by atoms with Crippen molar-refractivity contribution in [2.75, 3.05) is 39.8 Å². The van der Waals surface area contributed by atoms with Gasteiger partial charge < -0.3 is 19.7 Å². The highest BCUT2D eigenvalue weighted by atomic mass is 16.6. The molecule has 41 heavy (non-hydrogen) atoms. The van der Waals surface area contributed by atoms with E-state index in [1.165, 1.54) is 0 Å². The predicted molar refractivity (Wildman–Crippen MR) is 159 cm³/mol. The topological polar surface area (TPSA) is 99.8 Å². The van der Waals surface area contributed by atoms with Crippen molar-refractivity contribution in [3.05, 3.63) is 84.1 Å². The number of benzene rings is 3. The Hall–Kier alpha value is -4.37. The van der Waals surface area contributed by atoms with Gasteiger partial charge in [0.2, 0.25) is 0 Å². The summed E-state index contributed by atoms with van der Waals surface area (Å²) >= 11 is 0. The SMILES string of the molecule is COc1cccc(C(CN2CCN(C(=O)OC(C)(C)C)CC2)NC(=O)c2cccc(-c3ccc4[nH]ncc4c3)c2)c1. The maximum absolute atomic E-state index is 13.6. The monoisotopic (exact) mass is 555 g/mol. The van der Waals surface area contributed by atoms with Gasteiger partial charge in [0, 0.05) is 43.7 Å². The second-order valence-electron chi connectivity index (χ2n) is 11.3. The molecule has 0 radical (unpaired) electrons. The van der Waals surface area contributed by atoms with Crippen molar-refractivity contribution in [2.24, 2.45) is 0 Å². The smallest absolute Gasteiger partial charge is 0.410 e. The minimum Gasteiger partial charge on any atom is -0.497 e. The summed E-state index contributed by atoms with van der Waals surface area (Å²) in [5.41, 5.74) is 3.94. The second-order valence-corrected chi connectivity index (χ2v) is 11.3. The molecule has 1 aromatic heterocycles. The van der Waals surface area contributed by atoms with Crippen LogP contribution in [0.15, 0.2) is 72.9 Å². The molecule has 1 saturated heterocycles. The van der Waals surface area contributed by atoms with Gasteiger partial charge in [0.25, 0.3) is 5.91 Å². The predicted octanol–water partition coefficient (Wildman–Crippen LogP) is 5.26. The summed E-state index contributed by atoms with van der Waals surface area (Å²) in [5, 5.41) is 11.4. The number of aromatic amines is 1. The first kappa shape index (κ1) is 28.2. The van der Waals surface area contributed by atoms with Crippen LogP contribution in [-0.4, -0.2) is 77.4 Å². The molecule has 1 aliphatic heterocycles. The highest BCUT2D eigenvalue weighted by Gasteiger charge is 2.28. The number of nitrogens with one attached hydrogen (secondary N) is 2. The Labute approximate surface area is 240 Å². The number of carbonyl (C=O) groups excluding carboxylic acids is 2. The summed E-state index contributed by atoms with van der Waals surface area (Å²) in [6.45, 7) is 8.71. The lowest BCUT2D eigenvalue weighted by Gasteiger charge is -2.37. The molecule has 2 heterocycles. The van der Waals surface area contributed by atoms with Crippen LogP contribution in [0, 0.1) is 0 Å². The maximum atomic E-state index is 13.6. The summed E-state index contributed by atoms with van der Waals surface area (Å²) in [4.78, 5) is 30.1. The third kappa shape index (κ3) is 7.05. The number of piperazine rings is 1. The van der Waals surface area contributed by atoms with Gasteiger partial charge in [-0.25, -0.2) is 4.79 Å². The largest absolute Gasteiger partial charge is 0.497 e. The van der Waals surface area contributed by atoms with E-state index in [1.807, 2.05) is 81.4 Å². The second kappa shape index (κ2) is 12.0. The fraction of sp³-hybridized carbons (Fsp3) is 0.344. The van der Waals surface area contributed by atoms with Crippen LogP contribution in [0.2, 0.25) is 0 Å². The van der Waals surface area contributed by atoms with Gasteiger partial charge in [0.15, 0.2) is 0 Å². The van der Waals surface area contributed by atoms with Gasteiger partial charge in [-0.15, -0.1) is 0 Å². The van der Waals surface area contributed by atoms with Crippen LogP contribution in [0.1, 0.15) is 42.7 Å². The van der Waals surface area contributed by atoms with Crippen molar-refractivity contribution >= 4 is 22.9 Å². The van der Waals surface area contributed by atoms with Crippen molar-refractivity contribution in [1.82, 2.24) is 25.3 Å². The number of amides is 2. The van der Waals surface area contributed by atoms with Crippen molar-refractivity contribution < 1.29 is 19.1 Å². The molecule has 2 amide bonds. The van der Waals surface area contributed by atoms with Crippen LogP contribution in [-0.2, 0) is 4.74 Å². The fourth-order valence-electron chi connectivity index (χ4n) is 4.99. The lowest BCUT2D eigenvalue weighted by molar-refractivity contribution is 0.0139. The van der Waals surface area contributed by atoms with Crippen LogP contribution in [0.4, 0.5) is 4.79 Å². The summed E-state index contributed by atoms with van der Waals surface area (Å²) < 4.78 is 11.0. The van der Waals surface area contributed by atoms with Crippen LogP contribution < -0.4 is 10.1 Å². The van der Waals surface area contributed by atoms with Crippen LogP contribution in [0.3, 0.4) is 0 Å².